The molecule has 2 nitrogen and oxygen atoms in total. The maximum Gasteiger partial charge on any atom is 0.133 e. The van der Waals surface area contributed by atoms with Gasteiger partial charge in [0, 0.05) is 0 Å². The van der Waals surface area contributed by atoms with E-state index in [2.05, 4.69) is 11.1 Å². The summed E-state index contributed by atoms with van der Waals surface area (Å²) >= 11 is 3.25. The number of thiazole rings is 1. The zero-order chi connectivity index (χ0) is 11.1. The third-order valence-corrected chi connectivity index (χ3v) is 4.59. The summed E-state index contributed by atoms with van der Waals surface area (Å²) in [6.45, 7) is 5.54. The van der Waals surface area contributed by atoms with E-state index in [4.69, 9.17) is 0 Å². The molecule has 2 aromatic rings. The minimum atomic E-state index is -0.794. The standard InChI is InChI=1S/C11H13NOS2/c1-7-9(11(2,3)13)15-10(12-7)8-5-4-6-14-8/h4-6,13H,1-3H3. The second kappa shape index (κ2) is 3.70. The lowest BCUT2D eigenvalue weighted by Gasteiger charge is -2.14. The average Bonchev–Trinajstić information content (AvgIpc) is 2.68. The predicted octanol–water partition coefficient (Wildman–Crippen LogP) is 3.41. The Hall–Kier alpha value is -0.710. The van der Waals surface area contributed by atoms with Crippen molar-refractivity contribution in [2.75, 3.05) is 0 Å². The van der Waals surface area contributed by atoms with Crippen molar-refractivity contribution in [1.29, 1.82) is 0 Å². The fourth-order valence-electron chi connectivity index (χ4n) is 1.47. The smallest absolute Gasteiger partial charge is 0.133 e. The summed E-state index contributed by atoms with van der Waals surface area (Å²) in [5.41, 5.74) is 0.132. The first-order chi connectivity index (χ1) is 6.98. The number of hydrogen-bond donors (Lipinski definition) is 1. The van der Waals surface area contributed by atoms with Gasteiger partial charge in [-0.05, 0) is 32.2 Å². The van der Waals surface area contributed by atoms with Gasteiger partial charge in [0.1, 0.15) is 5.01 Å². The second-order valence-electron chi connectivity index (χ2n) is 3.97. The molecule has 15 heavy (non-hydrogen) atoms. The summed E-state index contributed by atoms with van der Waals surface area (Å²) in [7, 11) is 0. The van der Waals surface area contributed by atoms with Crippen LogP contribution in [0.5, 0.6) is 0 Å². The lowest BCUT2D eigenvalue weighted by molar-refractivity contribution is 0.0817. The Labute approximate surface area is 97.2 Å². The molecule has 4 heteroatoms. The van der Waals surface area contributed by atoms with Crippen molar-refractivity contribution in [2.24, 2.45) is 0 Å². The molecule has 2 rings (SSSR count). The fraction of sp³-hybridized carbons (Fsp3) is 0.364. The van der Waals surface area contributed by atoms with E-state index in [9.17, 15) is 5.11 Å². The molecular weight excluding hydrogens is 226 g/mol. The van der Waals surface area contributed by atoms with Gasteiger partial charge in [0.25, 0.3) is 0 Å². The predicted molar refractivity (Wildman–Crippen MR) is 65.4 cm³/mol. The maximum absolute atomic E-state index is 9.95. The largest absolute Gasteiger partial charge is 0.385 e. The summed E-state index contributed by atoms with van der Waals surface area (Å²) in [5.74, 6) is 0. The molecule has 0 aliphatic carbocycles. The minimum absolute atomic E-state index is 0.794. The maximum atomic E-state index is 9.95. The molecule has 0 fully saturated rings. The van der Waals surface area contributed by atoms with Gasteiger partial charge in [-0.25, -0.2) is 4.98 Å². The normalized spacial score (nSPS) is 12.0. The summed E-state index contributed by atoms with van der Waals surface area (Å²) in [6.07, 6.45) is 0. The van der Waals surface area contributed by atoms with Crippen molar-refractivity contribution < 1.29 is 5.11 Å². The molecule has 0 saturated carbocycles. The molecule has 1 N–H and O–H groups in total. The van der Waals surface area contributed by atoms with E-state index >= 15 is 0 Å². The van der Waals surface area contributed by atoms with E-state index in [0.717, 1.165) is 15.6 Å². The Kier molecular flexibility index (Phi) is 2.66. The van der Waals surface area contributed by atoms with E-state index in [-0.39, 0.29) is 0 Å². The molecule has 0 bridgehead atoms. The number of aryl methyl sites for hydroxylation is 1. The van der Waals surface area contributed by atoms with Gasteiger partial charge in [-0.15, -0.1) is 22.7 Å². The first-order valence-corrected chi connectivity index (χ1v) is 6.42. The average molecular weight is 239 g/mol. The van der Waals surface area contributed by atoms with Crippen LogP contribution in [0.4, 0.5) is 0 Å². The van der Waals surface area contributed by atoms with Gasteiger partial charge in [0.05, 0.1) is 21.0 Å². The Morgan fingerprint density at radius 2 is 2.13 bits per heavy atom. The van der Waals surface area contributed by atoms with Gasteiger partial charge in [0.15, 0.2) is 0 Å². The Morgan fingerprint density at radius 1 is 1.40 bits per heavy atom. The highest BCUT2D eigenvalue weighted by atomic mass is 32.1. The van der Waals surface area contributed by atoms with Gasteiger partial charge in [-0.3, -0.25) is 0 Å². The quantitative estimate of drug-likeness (QED) is 0.871. The van der Waals surface area contributed by atoms with Crippen LogP contribution in [0.2, 0.25) is 0 Å². The van der Waals surface area contributed by atoms with Crippen molar-refractivity contribution in [1.82, 2.24) is 4.98 Å². The number of aromatic nitrogens is 1. The Morgan fingerprint density at radius 3 is 2.60 bits per heavy atom. The van der Waals surface area contributed by atoms with Crippen molar-refractivity contribution in [2.45, 2.75) is 26.4 Å². The topological polar surface area (TPSA) is 33.1 Å². The van der Waals surface area contributed by atoms with E-state index in [1.807, 2.05) is 18.4 Å². The molecule has 0 saturated heterocycles. The van der Waals surface area contributed by atoms with Crippen LogP contribution in [-0.4, -0.2) is 10.1 Å². The number of nitrogens with zero attached hydrogens (tertiary/aromatic N) is 1. The SMILES string of the molecule is Cc1nc(-c2cccs2)sc1C(C)(C)O. The van der Waals surface area contributed by atoms with Gasteiger partial charge >= 0.3 is 0 Å². The summed E-state index contributed by atoms with van der Waals surface area (Å²) < 4.78 is 0. The van der Waals surface area contributed by atoms with E-state index in [1.54, 1.807) is 36.5 Å². The molecule has 0 unspecified atom stereocenters. The van der Waals surface area contributed by atoms with Crippen LogP contribution in [0.25, 0.3) is 9.88 Å². The van der Waals surface area contributed by atoms with Gasteiger partial charge < -0.3 is 5.11 Å². The molecule has 80 valence electrons. The molecule has 2 aromatic heterocycles. The molecule has 0 aliphatic rings. The highest BCUT2D eigenvalue weighted by Crippen LogP contribution is 2.36. The fourth-order valence-corrected chi connectivity index (χ4v) is 3.33. The highest BCUT2D eigenvalue weighted by molar-refractivity contribution is 7.21. The zero-order valence-electron chi connectivity index (χ0n) is 8.94. The molecule has 0 spiro atoms. The second-order valence-corrected chi connectivity index (χ2v) is 5.92. The summed E-state index contributed by atoms with van der Waals surface area (Å²) in [6, 6.07) is 4.07. The first kappa shape index (κ1) is 10.8. The van der Waals surface area contributed by atoms with Crippen molar-refractivity contribution in [3.8, 4) is 9.88 Å². The molecule has 0 aliphatic heterocycles. The van der Waals surface area contributed by atoms with E-state index in [0.29, 0.717) is 0 Å². The van der Waals surface area contributed by atoms with E-state index in [1.165, 1.54) is 4.88 Å². The van der Waals surface area contributed by atoms with Gasteiger partial charge in [0.2, 0.25) is 0 Å². The number of thiophene rings is 1. The Balaban J connectivity index is 2.47. The third-order valence-electron chi connectivity index (χ3n) is 2.08. The van der Waals surface area contributed by atoms with Crippen LogP contribution in [-0.2, 0) is 5.60 Å². The summed E-state index contributed by atoms with van der Waals surface area (Å²) in [5, 5.41) is 13.0. The molecular formula is C11H13NOS2. The van der Waals surface area contributed by atoms with E-state index < -0.39 is 5.60 Å². The highest BCUT2D eigenvalue weighted by Gasteiger charge is 2.23. The van der Waals surface area contributed by atoms with Crippen LogP contribution < -0.4 is 0 Å². The zero-order valence-corrected chi connectivity index (χ0v) is 10.6. The Bertz CT molecular complexity index is 451. The first-order valence-electron chi connectivity index (χ1n) is 4.72. The van der Waals surface area contributed by atoms with Crippen LogP contribution in [0.1, 0.15) is 24.4 Å². The van der Waals surface area contributed by atoms with Crippen LogP contribution in [0.15, 0.2) is 17.5 Å². The molecule has 0 radical (unpaired) electrons. The monoisotopic (exact) mass is 239 g/mol. The van der Waals surface area contributed by atoms with Crippen LogP contribution in [0.3, 0.4) is 0 Å². The van der Waals surface area contributed by atoms with Crippen molar-refractivity contribution >= 4 is 22.7 Å². The number of rotatable bonds is 2. The number of aliphatic hydroxyl groups is 1. The lowest BCUT2D eigenvalue weighted by atomic mass is 10.1. The van der Waals surface area contributed by atoms with Crippen LogP contribution >= 0.6 is 22.7 Å². The molecule has 0 atom stereocenters. The molecule has 2 heterocycles. The summed E-state index contributed by atoms with van der Waals surface area (Å²) in [4.78, 5) is 6.60. The van der Waals surface area contributed by atoms with Crippen LogP contribution in [0, 0.1) is 6.92 Å². The van der Waals surface area contributed by atoms with Gasteiger partial charge in [-0.1, -0.05) is 6.07 Å². The minimum Gasteiger partial charge on any atom is -0.385 e. The number of hydrogen-bond acceptors (Lipinski definition) is 4. The molecule has 0 aromatic carbocycles. The van der Waals surface area contributed by atoms with Gasteiger partial charge in [-0.2, -0.15) is 0 Å². The molecule has 0 amide bonds. The third kappa shape index (κ3) is 2.12. The van der Waals surface area contributed by atoms with Crippen molar-refractivity contribution in [3.63, 3.8) is 0 Å². The lowest BCUT2D eigenvalue weighted by Crippen LogP contribution is -2.14. The van der Waals surface area contributed by atoms with Crippen molar-refractivity contribution in [3.05, 3.63) is 28.1 Å².